The molecule has 3 aliphatic rings. The van der Waals surface area contributed by atoms with Crippen LogP contribution in [0.15, 0.2) is 42.5 Å². The van der Waals surface area contributed by atoms with Gasteiger partial charge in [0.2, 0.25) is 8.32 Å². The van der Waals surface area contributed by atoms with Crippen LogP contribution < -0.4 is 0 Å². The molecule has 1 saturated carbocycles. The maximum Gasteiger partial charge on any atom is 0.201 e. The highest BCUT2D eigenvalue weighted by atomic mass is 32.2. The molecule has 2 saturated heterocycles. The molecule has 40 heavy (non-hydrogen) atoms. The van der Waals surface area contributed by atoms with Gasteiger partial charge in [-0.3, -0.25) is 0 Å². The molecule has 2 aromatic rings. The zero-order chi connectivity index (χ0) is 28.5. The lowest BCUT2D eigenvalue weighted by atomic mass is 9.91. The van der Waals surface area contributed by atoms with Crippen molar-refractivity contribution in [3.63, 3.8) is 0 Å². The second kappa shape index (κ2) is 12.7. The molecule has 5 rings (SSSR count). The van der Waals surface area contributed by atoms with Crippen molar-refractivity contribution in [1.82, 2.24) is 0 Å². The van der Waals surface area contributed by atoms with Gasteiger partial charge in [-0.15, -0.1) is 11.8 Å². The predicted octanol–water partition coefficient (Wildman–Crippen LogP) is 8.45. The van der Waals surface area contributed by atoms with E-state index in [0.29, 0.717) is 29.8 Å². The van der Waals surface area contributed by atoms with E-state index in [9.17, 15) is 0 Å². The number of fused-ring (bicyclic) bond motifs is 2. The van der Waals surface area contributed by atoms with E-state index in [1.807, 2.05) is 0 Å². The first-order chi connectivity index (χ1) is 19.2. The number of hydrogen-bond donors (Lipinski definition) is 0. The van der Waals surface area contributed by atoms with Gasteiger partial charge in [-0.1, -0.05) is 84.4 Å². The second-order valence-electron chi connectivity index (χ2n) is 13.0. The van der Waals surface area contributed by atoms with E-state index in [4.69, 9.17) is 23.4 Å². The quantitative estimate of drug-likeness (QED) is 0.275. The summed E-state index contributed by atoms with van der Waals surface area (Å²) >= 11 is 1.71. The van der Waals surface area contributed by atoms with Gasteiger partial charge < -0.3 is 23.4 Å². The van der Waals surface area contributed by atoms with Crippen molar-refractivity contribution in [3.05, 3.63) is 48.0 Å². The largest absolute Gasteiger partial charge is 0.408 e. The Morgan fingerprint density at radius 1 is 0.900 bits per heavy atom. The van der Waals surface area contributed by atoms with Gasteiger partial charge in [0.05, 0.1) is 13.2 Å². The first-order valence-corrected chi connectivity index (χ1v) is 18.9. The third kappa shape index (κ3) is 5.94. The highest BCUT2D eigenvalue weighted by molar-refractivity contribution is 7.99. The molecule has 0 radical (unpaired) electrons. The Balaban J connectivity index is 1.49. The van der Waals surface area contributed by atoms with E-state index in [2.05, 4.69) is 90.3 Å². The number of rotatable bonds is 9. The molecule has 0 amide bonds. The molecule has 222 valence electrons. The maximum atomic E-state index is 7.61. The molecule has 5 nitrogen and oxygen atoms in total. The summed E-state index contributed by atoms with van der Waals surface area (Å²) < 4.78 is 34.6. The summed E-state index contributed by atoms with van der Waals surface area (Å²) in [5.74, 6) is -0.517. The Labute approximate surface area is 247 Å². The zero-order valence-corrected chi connectivity index (χ0v) is 27.4. The fourth-order valence-electron chi connectivity index (χ4n) is 7.69. The molecule has 3 fully saturated rings. The molecule has 1 aliphatic carbocycles. The minimum Gasteiger partial charge on any atom is -0.408 e. The lowest BCUT2D eigenvalue weighted by Gasteiger charge is -2.56. The van der Waals surface area contributed by atoms with Gasteiger partial charge >= 0.3 is 0 Å². The van der Waals surface area contributed by atoms with Gasteiger partial charge in [0, 0.05) is 12.8 Å². The van der Waals surface area contributed by atoms with Crippen LogP contribution in [-0.4, -0.2) is 56.8 Å². The van der Waals surface area contributed by atoms with Crippen molar-refractivity contribution >= 4 is 30.9 Å². The summed E-state index contributed by atoms with van der Waals surface area (Å²) in [6.07, 6.45) is 6.70. The monoisotopic (exact) mass is 586 g/mol. The van der Waals surface area contributed by atoms with E-state index in [1.54, 1.807) is 11.8 Å². The fourth-order valence-corrected chi connectivity index (χ4v) is 14.0. The minimum absolute atomic E-state index is 0.155. The molecule has 0 bridgehead atoms. The smallest absolute Gasteiger partial charge is 0.201 e. The van der Waals surface area contributed by atoms with E-state index >= 15 is 0 Å². The van der Waals surface area contributed by atoms with E-state index in [0.717, 1.165) is 31.2 Å². The normalized spacial score (nSPS) is 29.0. The summed E-state index contributed by atoms with van der Waals surface area (Å²) in [5.41, 5.74) is 2.40. The zero-order valence-electron chi connectivity index (χ0n) is 25.6. The topological polar surface area (TPSA) is 46.2 Å². The first-order valence-electron chi connectivity index (χ1n) is 15.5. The summed E-state index contributed by atoms with van der Waals surface area (Å²) in [6, 6.07) is 15.1. The summed E-state index contributed by atoms with van der Waals surface area (Å²) in [7, 11) is -2.25. The number of benzene rings is 2. The van der Waals surface area contributed by atoms with Crippen molar-refractivity contribution in [2.24, 2.45) is 0 Å². The Kier molecular flexibility index (Phi) is 9.72. The summed E-state index contributed by atoms with van der Waals surface area (Å²) in [4.78, 5) is 0. The molecule has 7 heteroatoms. The number of ether oxygens (including phenoxy) is 4. The molecular formula is C33H50O5SSi. The van der Waals surface area contributed by atoms with Crippen LogP contribution in [0.3, 0.4) is 0 Å². The third-order valence-corrected chi connectivity index (χ3v) is 16.5. The second-order valence-corrected chi connectivity index (χ2v) is 19.3. The first kappa shape index (κ1) is 30.5. The van der Waals surface area contributed by atoms with Crippen molar-refractivity contribution < 1.29 is 23.4 Å². The van der Waals surface area contributed by atoms with Crippen LogP contribution in [0.5, 0.6) is 0 Å². The number of hydrogen-bond acceptors (Lipinski definition) is 6. The van der Waals surface area contributed by atoms with Crippen LogP contribution in [0.4, 0.5) is 0 Å². The van der Waals surface area contributed by atoms with Crippen molar-refractivity contribution in [1.29, 1.82) is 0 Å². The third-order valence-electron chi connectivity index (χ3n) is 9.60. The maximum absolute atomic E-state index is 7.61. The van der Waals surface area contributed by atoms with Crippen molar-refractivity contribution in [2.45, 2.75) is 133 Å². The average molecular weight is 587 g/mol. The molecular weight excluding hydrogens is 537 g/mol. The van der Waals surface area contributed by atoms with Gasteiger partial charge in [0.25, 0.3) is 0 Å². The number of thioether (sulfide) groups is 1. The molecule has 5 atom stereocenters. The molecule has 2 aliphatic heterocycles. The van der Waals surface area contributed by atoms with E-state index < -0.39 is 14.1 Å². The van der Waals surface area contributed by atoms with E-state index in [-0.39, 0.29) is 29.9 Å². The van der Waals surface area contributed by atoms with Crippen LogP contribution in [0, 0.1) is 0 Å². The SMILES string of the molecule is CS[C@@H]1O[C@@H]2COC3(CCCCC3)O[C@H]2[C@H](O[Si](C(C)C)(C(C)C)C(C)C)[C@H]1OCc1ccc2ccccc2c1. The molecule has 0 unspecified atom stereocenters. The van der Waals surface area contributed by atoms with E-state index in [1.165, 1.54) is 17.2 Å². The van der Waals surface area contributed by atoms with Crippen LogP contribution in [0.25, 0.3) is 10.8 Å². The van der Waals surface area contributed by atoms with Crippen LogP contribution in [-0.2, 0) is 30.0 Å². The fraction of sp³-hybridized carbons (Fsp3) is 0.697. The van der Waals surface area contributed by atoms with Crippen LogP contribution in [0.2, 0.25) is 16.6 Å². The van der Waals surface area contributed by atoms with Gasteiger partial charge in [0.15, 0.2) is 5.79 Å². The van der Waals surface area contributed by atoms with Crippen LogP contribution >= 0.6 is 11.8 Å². The summed E-state index contributed by atoms with van der Waals surface area (Å²) in [5, 5.41) is 2.48. The lowest BCUT2D eigenvalue weighted by molar-refractivity contribution is -0.370. The lowest BCUT2D eigenvalue weighted by Crippen LogP contribution is -2.68. The Morgan fingerprint density at radius 2 is 1.57 bits per heavy atom. The van der Waals surface area contributed by atoms with Crippen molar-refractivity contribution in [3.8, 4) is 0 Å². The molecule has 1 spiro atoms. The van der Waals surface area contributed by atoms with Crippen molar-refractivity contribution in [2.75, 3.05) is 12.9 Å². The Hall–Kier alpha value is -0.933. The standard InChI is InChI=1S/C33H50O5SSi/c1-22(2)40(23(3)4,24(5)6)38-30-29-28(21-35-33(37-29)17-11-8-12-18-33)36-32(39-7)31(30)34-20-25-15-16-26-13-9-10-14-27(26)19-25/h9-10,13-16,19,22-24,28-32H,8,11-12,17-18,20-21H2,1-7H3/t28-,29-,30+,31-,32+/m1/s1. The van der Waals surface area contributed by atoms with Gasteiger partial charge in [-0.2, -0.15) is 0 Å². The molecule has 0 aromatic heterocycles. The summed E-state index contributed by atoms with van der Waals surface area (Å²) in [6.45, 7) is 15.2. The van der Waals surface area contributed by atoms with Crippen LogP contribution in [0.1, 0.15) is 79.2 Å². The van der Waals surface area contributed by atoms with Gasteiger partial charge in [0.1, 0.15) is 29.9 Å². The highest BCUT2D eigenvalue weighted by Crippen LogP contribution is 2.48. The highest BCUT2D eigenvalue weighted by Gasteiger charge is 2.58. The van der Waals surface area contributed by atoms with Gasteiger partial charge in [-0.25, -0.2) is 0 Å². The molecule has 2 aromatic carbocycles. The predicted molar refractivity (Wildman–Crippen MR) is 167 cm³/mol. The minimum atomic E-state index is -2.25. The van der Waals surface area contributed by atoms with Gasteiger partial charge in [-0.05, 0) is 58.1 Å². The average Bonchev–Trinajstić information content (AvgIpc) is 2.94. The Bertz CT molecular complexity index is 1100. The molecule has 2 heterocycles. The Morgan fingerprint density at radius 3 is 2.23 bits per heavy atom. The molecule has 0 N–H and O–H groups in total.